The molecule has 3 aliphatic heterocycles. The van der Waals surface area contributed by atoms with Crippen molar-refractivity contribution >= 4 is 0 Å². The highest BCUT2D eigenvalue weighted by atomic mass is 15.3. The van der Waals surface area contributed by atoms with Gasteiger partial charge in [-0.1, -0.05) is 12.8 Å². The van der Waals surface area contributed by atoms with Crippen molar-refractivity contribution in [1.82, 2.24) is 14.7 Å². The molecule has 0 spiro atoms. The van der Waals surface area contributed by atoms with Crippen LogP contribution in [0.4, 0.5) is 0 Å². The highest BCUT2D eigenvalue weighted by Crippen LogP contribution is 2.42. The quantitative estimate of drug-likeness (QED) is 0.927. The van der Waals surface area contributed by atoms with Crippen LogP contribution in [0.2, 0.25) is 0 Å². The van der Waals surface area contributed by atoms with E-state index in [9.17, 15) is 0 Å². The molecule has 4 atom stereocenters. The predicted molar refractivity (Wildman–Crippen MR) is 84.3 cm³/mol. The first-order chi connectivity index (χ1) is 10.3. The topological polar surface area (TPSA) is 47.1 Å². The van der Waals surface area contributed by atoms with Gasteiger partial charge in [-0.3, -0.25) is 9.58 Å². The number of aromatic nitrogens is 2. The van der Waals surface area contributed by atoms with Crippen molar-refractivity contribution in [3.63, 3.8) is 0 Å². The Hall–Kier alpha value is -0.870. The third-order valence-corrected chi connectivity index (χ3v) is 6.24. The second kappa shape index (κ2) is 5.40. The van der Waals surface area contributed by atoms with Crippen LogP contribution in [0.1, 0.15) is 61.7 Å². The van der Waals surface area contributed by atoms with Gasteiger partial charge in [-0.2, -0.15) is 5.10 Å². The smallest absolute Gasteiger partial charge is 0.0658 e. The van der Waals surface area contributed by atoms with Crippen LogP contribution in [0, 0.1) is 5.92 Å². The molecule has 1 aromatic heterocycles. The van der Waals surface area contributed by atoms with E-state index in [1.54, 1.807) is 0 Å². The largest absolute Gasteiger partial charge is 0.329 e. The average Bonchev–Trinajstić information content (AvgIpc) is 3.16. The summed E-state index contributed by atoms with van der Waals surface area (Å²) >= 11 is 0. The van der Waals surface area contributed by atoms with Gasteiger partial charge < -0.3 is 5.73 Å². The molecule has 0 aromatic carbocycles. The van der Waals surface area contributed by atoms with E-state index in [0.29, 0.717) is 12.0 Å². The molecule has 2 N–H and O–H groups in total. The van der Waals surface area contributed by atoms with Crippen molar-refractivity contribution in [1.29, 1.82) is 0 Å². The van der Waals surface area contributed by atoms with Crippen molar-refractivity contribution in [2.24, 2.45) is 18.7 Å². The van der Waals surface area contributed by atoms with Gasteiger partial charge in [0.1, 0.15) is 0 Å². The zero-order valence-electron chi connectivity index (χ0n) is 13.2. The normalized spacial score (nSPS) is 36.5. The van der Waals surface area contributed by atoms with Crippen LogP contribution in [0.5, 0.6) is 0 Å². The van der Waals surface area contributed by atoms with E-state index in [4.69, 9.17) is 10.8 Å². The number of piperidine rings is 3. The molecule has 4 fully saturated rings. The van der Waals surface area contributed by atoms with Crippen molar-refractivity contribution in [2.75, 3.05) is 19.6 Å². The van der Waals surface area contributed by atoms with Crippen LogP contribution in [0.3, 0.4) is 0 Å². The molecule has 1 saturated carbocycles. The summed E-state index contributed by atoms with van der Waals surface area (Å²) in [6.07, 6.45) is 8.07. The summed E-state index contributed by atoms with van der Waals surface area (Å²) in [5, 5.41) is 4.86. The van der Waals surface area contributed by atoms with E-state index < -0.39 is 0 Å². The summed E-state index contributed by atoms with van der Waals surface area (Å²) in [7, 11) is 2.14. The summed E-state index contributed by atoms with van der Waals surface area (Å²) in [5.41, 5.74) is 8.76. The average molecular weight is 288 g/mol. The number of hydrogen-bond donors (Lipinski definition) is 1. The van der Waals surface area contributed by atoms with Crippen molar-refractivity contribution < 1.29 is 0 Å². The number of aryl methyl sites for hydroxylation is 1. The Bertz CT molecular complexity index is 503. The first-order valence-electron chi connectivity index (χ1n) is 8.74. The van der Waals surface area contributed by atoms with Crippen LogP contribution >= 0.6 is 0 Å². The van der Waals surface area contributed by atoms with Gasteiger partial charge in [0.05, 0.1) is 5.69 Å². The Morgan fingerprint density at radius 3 is 2.76 bits per heavy atom. The van der Waals surface area contributed by atoms with E-state index >= 15 is 0 Å². The lowest BCUT2D eigenvalue weighted by Gasteiger charge is -2.49. The lowest BCUT2D eigenvalue weighted by molar-refractivity contribution is 0.0322. The highest BCUT2D eigenvalue weighted by Gasteiger charge is 2.41. The molecule has 1 aliphatic carbocycles. The molecule has 4 heterocycles. The Morgan fingerprint density at radius 1 is 1.29 bits per heavy atom. The second-order valence-electron chi connectivity index (χ2n) is 7.37. The molecule has 0 amide bonds. The van der Waals surface area contributed by atoms with Crippen molar-refractivity contribution in [3.8, 4) is 0 Å². The third-order valence-electron chi connectivity index (χ3n) is 6.24. The predicted octanol–water partition coefficient (Wildman–Crippen LogP) is 2.21. The van der Waals surface area contributed by atoms with E-state index in [0.717, 1.165) is 18.4 Å². The van der Waals surface area contributed by atoms with E-state index in [2.05, 4.69) is 22.7 Å². The van der Waals surface area contributed by atoms with Crippen LogP contribution < -0.4 is 5.73 Å². The summed E-state index contributed by atoms with van der Waals surface area (Å²) in [6, 6.07) is 3.06. The zero-order valence-corrected chi connectivity index (χ0v) is 13.2. The Balaban J connectivity index is 1.57. The molecule has 2 bridgehead atoms. The number of rotatable bonds is 3. The van der Waals surface area contributed by atoms with E-state index in [1.165, 1.54) is 63.0 Å². The molecule has 0 radical (unpaired) electrons. The number of nitrogens with two attached hydrogens (primary N) is 1. The fourth-order valence-electron chi connectivity index (χ4n) is 4.99. The molecule has 4 unspecified atom stereocenters. The molecule has 4 aliphatic rings. The fourth-order valence-corrected chi connectivity index (χ4v) is 4.99. The SMILES string of the molecule is Cn1nc(C2CCCC2)cc1C1CN2CCC1CC2CN. The maximum Gasteiger partial charge on any atom is 0.0658 e. The Morgan fingerprint density at radius 2 is 2.10 bits per heavy atom. The first kappa shape index (κ1) is 13.8. The summed E-state index contributed by atoms with van der Waals surface area (Å²) < 4.78 is 2.18. The van der Waals surface area contributed by atoms with Crippen LogP contribution in [0.25, 0.3) is 0 Å². The van der Waals surface area contributed by atoms with Gasteiger partial charge in [0.2, 0.25) is 0 Å². The van der Waals surface area contributed by atoms with E-state index in [-0.39, 0.29) is 0 Å². The molecular formula is C17H28N4. The summed E-state index contributed by atoms with van der Waals surface area (Å²) in [6.45, 7) is 3.26. The molecular weight excluding hydrogens is 260 g/mol. The maximum atomic E-state index is 5.93. The molecule has 116 valence electrons. The van der Waals surface area contributed by atoms with E-state index in [1.807, 2.05) is 0 Å². The second-order valence-corrected chi connectivity index (χ2v) is 7.37. The lowest BCUT2D eigenvalue weighted by atomic mass is 9.74. The Kier molecular flexibility index (Phi) is 3.54. The highest BCUT2D eigenvalue weighted by molar-refractivity contribution is 5.22. The third kappa shape index (κ3) is 2.33. The minimum absolute atomic E-state index is 0.627. The summed E-state index contributed by atoms with van der Waals surface area (Å²) in [5.74, 6) is 2.22. The lowest BCUT2D eigenvalue weighted by Crippen LogP contribution is -2.55. The molecule has 3 saturated heterocycles. The number of nitrogens with zero attached hydrogens (tertiary/aromatic N) is 3. The van der Waals surface area contributed by atoms with Crippen LogP contribution in [-0.2, 0) is 7.05 Å². The van der Waals surface area contributed by atoms with Gasteiger partial charge >= 0.3 is 0 Å². The zero-order chi connectivity index (χ0) is 14.4. The molecule has 4 nitrogen and oxygen atoms in total. The van der Waals surface area contributed by atoms with Crippen LogP contribution in [0.15, 0.2) is 6.07 Å². The number of fused-ring (bicyclic) bond motifs is 3. The van der Waals surface area contributed by atoms with Gasteiger partial charge in [0, 0.05) is 43.7 Å². The minimum Gasteiger partial charge on any atom is -0.329 e. The van der Waals surface area contributed by atoms with Crippen molar-refractivity contribution in [2.45, 2.75) is 56.4 Å². The van der Waals surface area contributed by atoms with Gasteiger partial charge in [-0.15, -0.1) is 0 Å². The number of hydrogen-bond acceptors (Lipinski definition) is 3. The minimum atomic E-state index is 0.627. The monoisotopic (exact) mass is 288 g/mol. The molecule has 1 aromatic rings. The van der Waals surface area contributed by atoms with Crippen LogP contribution in [-0.4, -0.2) is 40.4 Å². The molecule has 4 heteroatoms. The van der Waals surface area contributed by atoms with Crippen molar-refractivity contribution in [3.05, 3.63) is 17.5 Å². The molecule has 5 rings (SSSR count). The fraction of sp³-hybridized carbons (Fsp3) is 0.824. The van der Waals surface area contributed by atoms with Gasteiger partial charge in [0.15, 0.2) is 0 Å². The maximum absolute atomic E-state index is 5.93. The van der Waals surface area contributed by atoms with Gasteiger partial charge in [-0.05, 0) is 44.2 Å². The van der Waals surface area contributed by atoms with Gasteiger partial charge in [0.25, 0.3) is 0 Å². The first-order valence-corrected chi connectivity index (χ1v) is 8.74. The Labute approximate surface area is 127 Å². The summed E-state index contributed by atoms with van der Waals surface area (Å²) in [4.78, 5) is 2.62. The molecule has 21 heavy (non-hydrogen) atoms. The van der Waals surface area contributed by atoms with Gasteiger partial charge in [-0.25, -0.2) is 0 Å². The standard InChI is InChI=1S/C17H28N4/c1-20-17(9-16(19-20)12-4-2-3-5-12)15-11-21-7-6-13(15)8-14(21)10-18/h9,12-15H,2-8,10-11,18H2,1H3.